The van der Waals surface area contributed by atoms with Crippen molar-refractivity contribution in [3.05, 3.63) is 60.2 Å². The van der Waals surface area contributed by atoms with Gasteiger partial charge in [-0.1, -0.05) is 30.3 Å². The van der Waals surface area contributed by atoms with Gasteiger partial charge in [0.05, 0.1) is 0 Å². The molecule has 2 aromatic carbocycles. The molecule has 0 aliphatic rings. The van der Waals surface area contributed by atoms with Gasteiger partial charge in [-0.05, 0) is 36.8 Å². The lowest BCUT2D eigenvalue weighted by atomic mass is 9.96. The summed E-state index contributed by atoms with van der Waals surface area (Å²) in [5.74, 6) is -0.518. The van der Waals surface area contributed by atoms with Crippen LogP contribution >= 0.6 is 0 Å². The van der Waals surface area contributed by atoms with E-state index in [0.717, 1.165) is 5.56 Å². The van der Waals surface area contributed by atoms with E-state index in [1.807, 2.05) is 30.3 Å². The second kappa shape index (κ2) is 5.65. The summed E-state index contributed by atoms with van der Waals surface area (Å²) in [5.41, 5.74) is -0.477. The third-order valence-electron chi connectivity index (χ3n) is 3.02. The van der Waals surface area contributed by atoms with E-state index in [1.54, 1.807) is 12.1 Å². The number of aliphatic carboxylic acids is 1. The van der Waals surface area contributed by atoms with Gasteiger partial charge >= 0.3 is 5.97 Å². The van der Waals surface area contributed by atoms with E-state index >= 15 is 0 Å². The van der Waals surface area contributed by atoms with Gasteiger partial charge < -0.3 is 14.9 Å². The normalized spacial score (nSPS) is 13.4. The zero-order chi connectivity index (χ0) is 14.6. The Bertz CT molecular complexity index is 577. The van der Waals surface area contributed by atoms with Crippen LogP contribution in [0.2, 0.25) is 0 Å². The number of carboxylic acids is 1. The second-order valence-corrected chi connectivity index (χ2v) is 4.79. The van der Waals surface area contributed by atoms with Crippen molar-refractivity contribution < 1.29 is 19.7 Å². The molecule has 2 rings (SSSR count). The van der Waals surface area contributed by atoms with E-state index < -0.39 is 11.6 Å². The molecule has 0 aromatic heterocycles. The third-order valence-corrected chi connectivity index (χ3v) is 3.02. The summed E-state index contributed by atoms with van der Waals surface area (Å²) >= 11 is 0. The molecule has 0 saturated carbocycles. The van der Waals surface area contributed by atoms with E-state index in [0.29, 0.717) is 5.75 Å². The fourth-order valence-electron chi connectivity index (χ4n) is 1.92. The third kappa shape index (κ3) is 3.29. The van der Waals surface area contributed by atoms with Crippen molar-refractivity contribution in [2.24, 2.45) is 0 Å². The monoisotopic (exact) mass is 272 g/mol. The molecule has 2 N–H and O–H groups in total. The van der Waals surface area contributed by atoms with Gasteiger partial charge in [-0.15, -0.1) is 0 Å². The number of ether oxygens (including phenoxy) is 1. The van der Waals surface area contributed by atoms with Gasteiger partial charge in [-0.3, -0.25) is 0 Å². The zero-order valence-electron chi connectivity index (χ0n) is 11.1. The van der Waals surface area contributed by atoms with E-state index in [2.05, 4.69) is 0 Å². The minimum atomic E-state index is -1.36. The van der Waals surface area contributed by atoms with Crippen LogP contribution in [0.25, 0.3) is 0 Å². The number of rotatable bonds is 5. The van der Waals surface area contributed by atoms with E-state index in [1.165, 1.54) is 19.1 Å². The van der Waals surface area contributed by atoms with Crippen molar-refractivity contribution in [2.75, 3.05) is 0 Å². The molecule has 0 amide bonds. The van der Waals surface area contributed by atoms with E-state index in [-0.39, 0.29) is 12.2 Å². The molecule has 1 unspecified atom stereocenters. The fraction of sp³-hybridized carbons (Fsp3) is 0.188. The van der Waals surface area contributed by atoms with E-state index in [4.69, 9.17) is 4.74 Å². The van der Waals surface area contributed by atoms with Crippen molar-refractivity contribution in [3.63, 3.8) is 0 Å². The van der Waals surface area contributed by atoms with Crippen molar-refractivity contribution >= 4 is 5.97 Å². The Hall–Kier alpha value is -2.49. The minimum Gasteiger partial charge on any atom is -0.508 e. The molecule has 1 atom stereocenters. The first-order valence-corrected chi connectivity index (χ1v) is 6.25. The summed E-state index contributed by atoms with van der Waals surface area (Å²) < 4.78 is 5.61. The lowest BCUT2D eigenvalue weighted by Gasteiger charge is -2.26. The standard InChI is InChI=1S/C16H16O4/c1-16(15(18)19,11-12-5-3-2-4-6-12)20-14-9-7-13(17)8-10-14/h2-10,17H,11H2,1H3,(H,18,19). The van der Waals surface area contributed by atoms with Gasteiger partial charge in [-0.25, -0.2) is 4.79 Å². The lowest BCUT2D eigenvalue weighted by molar-refractivity contribution is -0.153. The van der Waals surface area contributed by atoms with Crippen LogP contribution in [0, 0.1) is 0 Å². The Balaban J connectivity index is 2.21. The first kappa shape index (κ1) is 13.9. The molecular weight excluding hydrogens is 256 g/mol. The highest BCUT2D eigenvalue weighted by molar-refractivity contribution is 5.78. The first-order chi connectivity index (χ1) is 9.49. The minimum absolute atomic E-state index is 0.109. The summed E-state index contributed by atoms with van der Waals surface area (Å²) in [6.45, 7) is 1.54. The summed E-state index contributed by atoms with van der Waals surface area (Å²) in [4.78, 5) is 11.5. The number of hydrogen-bond acceptors (Lipinski definition) is 3. The predicted molar refractivity (Wildman–Crippen MR) is 74.9 cm³/mol. The van der Waals surface area contributed by atoms with Gasteiger partial charge in [0, 0.05) is 6.42 Å². The molecule has 0 saturated heterocycles. The summed E-state index contributed by atoms with van der Waals surface area (Å²) in [7, 11) is 0. The van der Waals surface area contributed by atoms with Gasteiger partial charge in [0.25, 0.3) is 0 Å². The smallest absolute Gasteiger partial charge is 0.348 e. The van der Waals surface area contributed by atoms with Crippen molar-refractivity contribution in [3.8, 4) is 11.5 Å². The quantitative estimate of drug-likeness (QED) is 0.878. The van der Waals surface area contributed by atoms with Crippen LogP contribution in [0.5, 0.6) is 11.5 Å². The van der Waals surface area contributed by atoms with Crippen LogP contribution < -0.4 is 4.74 Å². The molecule has 0 heterocycles. The molecular formula is C16H16O4. The molecule has 0 spiro atoms. The molecule has 20 heavy (non-hydrogen) atoms. The van der Waals surface area contributed by atoms with Crippen molar-refractivity contribution in [1.82, 2.24) is 0 Å². The second-order valence-electron chi connectivity index (χ2n) is 4.79. The molecule has 4 heteroatoms. The largest absolute Gasteiger partial charge is 0.508 e. The number of benzene rings is 2. The topological polar surface area (TPSA) is 66.8 Å². The Morgan fingerprint density at radius 1 is 1.10 bits per heavy atom. The van der Waals surface area contributed by atoms with Crippen LogP contribution in [0.4, 0.5) is 0 Å². The zero-order valence-corrected chi connectivity index (χ0v) is 11.1. The fourth-order valence-corrected chi connectivity index (χ4v) is 1.92. The number of carbonyl (C=O) groups is 1. The van der Waals surface area contributed by atoms with Crippen LogP contribution in [-0.4, -0.2) is 21.8 Å². The Morgan fingerprint density at radius 2 is 1.70 bits per heavy atom. The molecule has 0 aliphatic heterocycles. The van der Waals surface area contributed by atoms with Crippen LogP contribution in [0.3, 0.4) is 0 Å². The van der Waals surface area contributed by atoms with Crippen LogP contribution in [0.1, 0.15) is 12.5 Å². The van der Waals surface area contributed by atoms with Crippen LogP contribution in [0.15, 0.2) is 54.6 Å². The maximum atomic E-state index is 11.5. The highest BCUT2D eigenvalue weighted by atomic mass is 16.5. The van der Waals surface area contributed by atoms with E-state index in [9.17, 15) is 15.0 Å². The summed E-state index contributed by atoms with van der Waals surface area (Å²) in [5, 5.41) is 18.7. The van der Waals surface area contributed by atoms with Gasteiger partial charge in [0.2, 0.25) is 5.60 Å². The number of phenolic OH excluding ortho intramolecular Hbond substituents is 1. The molecule has 0 bridgehead atoms. The predicted octanol–water partition coefficient (Wildman–Crippen LogP) is 2.86. The summed E-state index contributed by atoms with van der Waals surface area (Å²) in [6, 6.07) is 15.3. The molecule has 0 fully saturated rings. The van der Waals surface area contributed by atoms with Gasteiger partial charge in [0.1, 0.15) is 11.5 Å². The Kier molecular flexibility index (Phi) is 3.94. The maximum absolute atomic E-state index is 11.5. The number of carboxylic acid groups (broad SMARTS) is 1. The highest BCUT2D eigenvalue weighted by Gasteiger charge is 2.35. The Morgan fingerprint density at radius 3 is 2.25 bits per heavy atom. The van der Waals surface area contributed by atoms with Gasteiger partial charge in [0.15, 0.2) is 0 Å². The van der Waals surface area contributed by atoms with Crippen LogP contribution in [-0.2, 0) is 11.2 Å². The molecule has 2 aromatic rings. The maximum Gasteiger partial charge on any atom is 0.348 e. The molecule has 0 aliphatic carbocycles. The number of aromatic hydroxyl groups is 1. The molecule has 0 radical (unpaired) electrons. The van der Waals surface area contributed by atoms with Crippen molar-refractivity contribution in [2.45, 2.75) is 18.9 Å². The first-order valence-electron chi connectivity index (χ1n) is 6.25. The lowest BCUT2D eigenvalue weighted by Crippen LogP contribution is -2.43. The summed E-state index contributed by atoms with van der Waals surface area (Å²) in [6.07, 6.45) is 0.254. The number of phenols is 1. The Labute approximate surface area is 117 Å². The van der Waals surface area contributed by atoms with Gasteiger partial charge in [-0.2, -0.15) is 0 Å². The molecule has 4 nitrogen and oxygen atoms in total. The average Bonchev–Trinajstić information content (AvgIpc) is 2.42. The molecule has 104 valence electrons. The number of hydrogen-bond donors (Lipinski definition) is 2. The van der Waals surface area contributed by atoms with Crippen molar-refractivity contribution in [1.29, 1.82) is 0 Å². The highest BCUT2D eigenvalue weighted by Crippen LogP contribution is 2.24. The average molecular weight is 272 g/mol. The SMILES string of the molecule is CC(Cc1ccccc1)(Oc1ccc(O)cc1)C(=O)O.